The van der Waals surface area contributed by atoms with Crippen LogP contribution in [-0.4, -0.2) is 15.7 Å². The molecule has 0 saturated carbocycles. The number of nitrogens with zero attached hydrogens (tertiary/aromatic N) is 2. The lowest BCUT2D eigenvalue weighted by Crippen LogP contribution is -1.91. The summed E-state index contributed by atoms with van der Waals surface area (Å²) in [5.74, 6) is 0. The first-order chi connectivity index (χ1) is 6.35. The highest BCUT2D eigenvalue weighted by molar-refractivity contribution is 5.73. The SMILES string of the molecule is CCc1ccn2c(C=O)cnc2c1. The fraction of sp³-hybridized carbons (Fsp3) is 0.200. The van der Waals surface area contributed by atoms with Crippen molar-refractivity contribution in [2.75, 3.05) is 0 Å². The molecule has 0 aliphatic carbocycles. The van der Waals surface area contributed by atoms with E-state index in [4.69, 9.17) is 0 Å². The number of pyridine rings is 1. The zero-order chi connectivity index (χ0) is 9.26. The van der Waals surface area contributed by atoms with Crippen molar-refractivity contribution < 1.29 is 4.79 Å². The van der Waals surface area contributed by atoms with E-state index in [1.54, 1.807) is 10.6 Å². The quantitative estimate of drug-likeness (QED) is 0.649. The van der Waals surface area contributed by atoms with Gasteiger partial charge in [-0.1, -0.05) is 6.92 Å². The van der Waals surface area contributed by atoms with E-state index in [0.717, 1.165) is 18.4 Å². The van der Waals surface area contributed by atoms with Gasteiger partial charge < -0.3 is 0 Å². The third kappa shape index (κ3) is 1.22. The Morgan fingerprint density at radius 2 is 2.46 bits per heavy atom. The van der Waals surface area contributed by atoms with Crippen LogP contribution in [0, 0.1) is 0 Å². The minimum Gasteiger partial charge on any atom is -0.297 e. The monoisotopic (exact) mass is 174 g/mol. The van der Waals surface area contributed by atoms with Crippen LogP contribution in [0.25, 0.3) is 5.65 Å². The minimum atomic E-state index is 0.595. The van der Waals surface area contributed by atoms with Crippen molar-refractivity contribution in [2.24, 2.45) is 0 Å². The molecule has 0 radical (unpaired) electrons. The number of rotatable bonds is 2. The standard InChI is InChI=1S/C10H10N2O/c1-2-8-3-4-12-9(7-13)6-11-10(12)5-8/h3-7H,2H2,1H3. The molecule has 66 valence electrons. The Bertz CT molecular complexity index is 445. The number of aldehydes is 1. The topological polar surface area (TPSA) is 34.4 Å². The third-order valence-corrected chi connectivity index (χ3v) is 2.14. The number of carbonyl (C=O) groups is 1. The highest BCUT2D eigenvalue weighted by atomic mass is 16.1. The first kappa shape index (κ1) is 7.98. The summed E-state index contributed by atoms with van der Waals surface area (Å²) < 4.78 is 1.78. The highest BCUT2D eigenvalue weighted by Crippen LogP contribution is 2.08. The van der Waals surface area contributed by atoms with E-state index in [2.05, 4.69) is 11.9 Å². The molecule has 2 aromatic heterocycles. The summed E-state index contributed by atoms with van der Waals surface area (Å²) in [6.45, 7) is 2.09. The van der Waals surface area contributed by atoms with E-state index in [0.29, 0.717) is 5.69 Å². The summed E-state index contributed by atoms with van der Waals surface area (Å²) in [4.78, 5) is 14.7. The van der Waals surface area contributed by atoms with Crippen LogP contribution in [-0.2, 0) is 6.42 Å². The first-order valence-electron chi connectivity index (χ1n) is 4.26. The molecular formula is C10H10N2O. The van der Waals surface area contributed by atoms with Crippen molar-refractivity contribution in [3.63, 3.8) is 0 Å². The molecular weight excluding hydrogens is 164 g/mol. The number of carbonyl (C=O) groups excluding carboxylic acids is 1. The minimum absolute atomic E-state index is 0.595. The maximum absolute atomic E-state index is 10.6. The number of fused-ring (bicyclic) bond motifs is 1. The van der Waals surface area contributed by atoms with Gasteiger partial charge in [-0.25, -0.2) is 4.98 Å². The van der Waals surface area contributed by atoms with Crippen molar-refractivity contribution in [3.8, 4) is 0 Å². The van der Waals surface area contributed by atoms with Crippen LogP contribution in [0.15, 0.2) is 24.5 Å². The number of aromatic nitrogens is 2. The maximum atomic E-state index is 10.6. The van der Waals surface area contributed by atoms with Gasteiger partial charge in [0.2, 0.25) is 0 Å². The van der Waals surface area contributed by atoms with Gasteiger partial charge in [0.25, 0.3) is 0 Å². The summed E-state index contributed by atoms with van der Waals surface area (Å²) in [5.41, 5.74) is 2.66. The van der Waals surface area contributed by atoms with Crippen molar-refractivity contribution in [1.29, 1.82) is 0 Å². The molecule has 13 heavy (non-hydrogen) atoms. The number of hydrogen-bond donors (Lipinski definition) is 0. The molecule has 0 unspecified atom stereocenters. The van der Waals surface area contributed by atoms with E-state index in [1.807, 2.05) is 18.3 Å². The van der Waals surface area contributed by atoms with Crippen molar-refractivity contribution >= 4 is 11.9 Å². The van der Waals surface area contributed by atoms with Gasteiger partial charge in [-0.3, -0.25) is 9.20 Å². The van der Waals surface area contributed by atoms with E-state index in [-0.39, 0.29) is 0 Å². The Kier molecular flexibility index (Phi) is 1.85. The van der Waals surface area contributed by atoms with Gasteiger partial charge in [-0.05, 0) is 24.1 Å². The summed E-state index contributed by atoms with van der Waals surface area (Å²) in [6.07, 6.45) is 5.26. The van der Waals surface area contributed by atoms with Gasteiger partial charge in [-0.2, -0.15) is 0 Å². The molecule has 0 bridgehead atoms. The van der Waals surface area contributed by atoms with Crippen LogP contribution in [0.3, 0.4) is 0 Å². The number of hydrogen-bond acceptors (Lipinski definition) is 2. The molecule has 0 spiro atoms. The smallest absolute Gasteiger partial charge is 0.168 e. The molecule has 3 heteroatoms. The molecule has 3 nitrogen and oxygen atoms in total. The molecule has 0 N–H and O–H groups in total. The lowest BCUT2D eigenvalue weighted by Gasteiger charge is -1.98. The zero-order valence-electron chi connectivity index (χ0n) is 7.40. The Morgan fingerprint density at radius 1 is 1.62 bits per heavy atom. The Labute approximate surface area is 76.0 Å². The van der Waals surface area contributed by atoms with Crippen molar-refractivity contribution in [2.45, 2.75) is 13.3 Å². The molecule has 2 rings (SSSR count). The molecule has 0 atom stereocenters. The summed E-state index contributed by atoms with van der Waals surface area (Å²) >= 11 is 0. The van der Waals surface area contributed by atoms with Gasteiger partial charge in [0.1, 0.15) is 11.3 Å². The molecule has 0 aliphatic rings. The zero-order valence-corrected chi connectivity index (χ0v) is 7.40. The fourth-order valence-corrected chi connectivity index (χ4v) is 1.35. The van der Waals surface area contributed by atoms with Crippen LogP contribution >= 0.6 is 0 Å². The Hall–Kier alpha value is -1.64. The van der Waals surface area contributed by atoms with Gasteiger partial charge >= 0.3 is 0 Å². The van der Waals surface area contributed by atoms with E-state index in [9.17, 15) is 4.79 Å². The van der Waals surface area contributed by atoms with Crippen molar-refractivity contribution in [1.82, 2.24) is 9.38 Å². The molecule has 0 aromatic carbocycles. The van der Waals surface area contributed by atoms with Gasteiger partial charge in [0.05, 0.1) is 6.20 Å². The van der Waals surface area contributed by atoms with Crippen LogP contribution in [0.5, 0.6) is 0 Å². The molecule has 0 aliphatic heterocycles. The second-order valence-electron chi connectivity index (χ2n) is 2.92. The fourth-order valence-electron chi connectivity index (χ4n) is 1.35. The summed E-state index contributed by atoms with van der Waals surface area (Å²) in [5, 5.41) is 0. The van der Waals surface area contributed by atoms with E-state index in [1.165, 1.54) is 5.56 Å². The lowest BCUT2D eigenvalue weighted by atomic mass is 10.2. The van der Waals surface area contributed by atoms with Crippen LogP contribution in [0.4, 0.5) is 0 Å². The van der Waals surface area contributed by atoms with E-state index < -0.39 is 0 Å². The predicted octanol–water partition coefficient (Wildman–Crippen LogP) is 1.71. The van der Waals surface area contributed by atoms with Crippen LogP contribution in [0.1, 0.15) is 23.0 Å². The summed E-state index contributed by atoms with van der Waals surface area (Å²) in [6, 6.07) is 3.99. The molecule has 0 saturated heterocycles. The van der Waals surface area contributed by atoms with Gasteiger partial charge in [-0.15, -0.1) is 0 Å². The largest absolute Gasteiger partial charge is 0.297 e. The second-order valence-corrected chi connectivity index (χ2v) is 2.92. The summed E-state index contributed by atoms with van der Waals surface area (Å²) in [7, 11) is 0. The lowest BCUT2D eigenvalue weighted by molar-refractivity contribution is 0.111. The number of aryl methyl sites for hydroxylation is 1. The Balaban J connectivity index is 2.67. The molecule has 2 aromatic rings. The third-order valence-electron chi connectivity index (χ3n) is 2.14. The number of imidazole rings is 1. The first-order valence-corrected chi connectivity index (χ1v) is 4.26. The van der Waals surface area contributed by atoms with Crippen LogP contribution < -0.4 is 0 Å². The van der Waals surface area contributed by atoms with Crippen LogP contribution in [0.2, 0.25) is 0 Å². The van der Waals surface area contributed by atoms with Gasteiger partial charge in [0, 0.05) is 6.20 Å². The Morgan fingerprint density at radius 3 is 3.15 bits per heavy atom. The average molecular weight is 174 g/mol. The molecule has 2 heterocycles. The maximum Gasteiger partial charge on any atom is 0.168 e. The second kappa shape index (κ2) is 3.01. The van der Waals surface area contributed by atoms with Gasteiger partial charge in [0.15, 0.2) is 6.29 Å². The average Bonchev–Trinajstić information content (AvgIpc) is 2.59. The molecule has 0 fully saturated rings. The predicted molar refractivity (Wildman–Crippen MR) is 50.0 cm³/mol. The highest BCUT2D eigenvalue weighted by Gasteiger charge is 2.01. The van der Waals surface area contributed by atoms with Crippen molar-refractivity contribution in [3.05, 3.63) is 35.8 Å². The van der Waals surface area contributed by atoms with E-state index >= 15 is 0 Å². The molecule has 0 amide bonds. The normalized spacial score (nSPS) is 10.5.